The van der Waals surface area contributed by atoms with Gasteiger partial charge in [0.15, 0.2) is 0 Å². The number of nitrogens with one attached hydrogen (secondary N) is 1. The van der Waals surface area contributed by atoms with Crippen LogP contribution in [0.25, 0.3) is 5.70 Å². The van der Waals surface area contributed by atoms with Crippen LogP contribution in [0.15, 0.2) is 36.4 Å². The lowest BCUT2D eigenvalue weighted by Gasteiger charge is -2.16. The van der Waals surface area contributed by atoms with Crippen molar-refractivity contribution < 1.29 is 4.79 Å². The van der Waals surface area contributed by atoms with Gasteiger partial charge in [-0.05, 0) is 18.9 Å². The molecule has 2 heteroatoms. The van der Waals surface area contributed by atoms with E-state index in [1.165, 1.54) is 0 Å². The van der Waals surface area contributed by atoms with Gasteiger partial charge in [0.05, 0.1) is 0 Å². The van der Waals surface area contributed by atoms with Crippen LogP contribution in [-0.4, -0.2) is 12.3 Å². The first kappa shape index (κ1) is 11.5. The van der Waals surface area contributed by atoms with E-state index in [0.29, 0.717) is 6.04 Å². The van der Waals surface area contributed by atoms with E-state index in [-0.39, 0.29) is 0 Å². The van der Waals surface area contributed by atoms with Gasteiger partial charge in [0, 0.05) is 17.8 Å². The minimum atomic E-state index is 0.372. The van der Waals surface area contributed by atoms with Crippen LogP contribution in [0.5, 0.6) is 0 Å². The number of rotatable bonds is 5. The van der Waals surface area contributed by atoms with E-state index in [9.17, 15) is 4.79 Å². The monoisotopic (exact) mass is 203 g/mol. The summed E-state index contributed by atoms with van der Waals surface area (Å²) < 4.78 is 0. The summed E-state index contributed by atoms with van der Waals surface area (Å²) >= 11 is 0. The standard InChI is InChI=1S/C13H17NO/c1-3-11(2)14-13(9-10-15)12-7-5-4-6-8-12/h4-11,14H,3H2,1-2H3. The number of allylic oxidation sites excluding steroid dienone is 1. The molecular formula is C13H17NO. The Kier molecular flexibility index (Phi) is 4.61. The highest BCUT2D eigenvalue weighted by Gasteiger charge is 2.03. The summed E-state index contributed by atoms with van der Waals surface area (Å²) in [7, 11) is 0. The van der Waals surface area contributed by atoms with Crippen LogP contribution < -0.4 is 5.32 Å². The Morgan fingerprint density at radius 3 is 2.60 bits per heavy atom. The molecule has 1 aromatic carbocycles. The fourth-order valence-corrected chi connectivity index (χ4v) is 1.28. The minimum absolute atomic E-state index is 0.372. The molecule has 80 valence electrons. The molecule has 1 atom stereocenters. The molecule has 15 heavy (non-hydrogen) atoms. The van der Waals surface area contributed by atoms with Gasteiger partial charge in [0.2, 0.25) is 0 Å². The molecule has 1 aromatic rings. The van der Waals surface area contributed by atoms with Crippen LogP contribution >= 0.6 is 0 Å². The summed E-state index contributed by atoms with van der Waals surface area (Å²) in [5.41, 5.74) is 1.94. The van der Waals surface area contributed by atoms with Gasteiger partial charge in [0.25, 0.3) is 0 Å². The van der Waals surface area contributed by atoms with Crippen LogP contribution in [0.2, 0.25) is 0 Å². The van der Waals surface area contributed by atoms with Crippen molar-refractivity contribution in [3.8, 4) is 0 Å². The van der Waals surface area contributed by atoms with Crippen molar-refractivity contribution in [2.24, 2.45) is 0 Å². The number of carbonyl (C=O) groups is 1. The van der Waals surface area contributed by atoms with Crippen molar-refractivity contribution >= 4 is 12.0 Å². The molecule has 0 heterocycles. The van der Waals surface area contributed by atoms with Crippen LogP contribution in [-0.2, 0) is 4.79 Å². The van der Waals surface area contributed by atoms with Crippen LogP contribution in [0.1, 0.15) is 25.8 Å². The quantitative estimate of drug-likeness (QED) is 0.588. The predicted molar refractivity (Wildman–Crippen MR) is 63.4 cm³/mol. The number of benzene rings is 1. The Hall–Kier alpha value is -1.57. The van der Waals surface area contributed by atoms with Crippen molar-refractivity contribution in [1.82, 2.24) is 5.32 Å². The molecule has 0 aliphatic rings. The molecule has 0 saturated heterocycles. The molecule has 0 spiro atoms. The highest BCUT2D eigenvalue weighted by atomic mass is 16.1. The topological polar surface area (TPSA) is 29.1 Å². The average molecular weight is 203 g/mol. The Morgan fingerprint density at radius 1 is 1.40 bits per heavy atom. The second-order valence-corrected chi connectivity index (χ2v) is 3.54. The zero-order valence-corrected chi connectivity index (χ0v) is 9.23. The van der Waals surface area contributed by atoms with Gasteiger partial charge in [-0.3, -0.25) is 4.79 Å². The molecule has 0 aromatic heterocycles. The van der Waals surface area contributed by atoms with E-state index in [1.54, 1.807) is 6.08 Å². The van der Waals surface area contributed by atoms with Gasteiger partial charge in [-0.25, -0.2) is 0 Å². The Morgan fingerprint density at radius 2 is 2.07 bits per heavy atom. The minimum Gasteiger partial charge on any atom is -0.382 e. The normalized spacial score (nSPS) is 13.3. The maximum absolute atomic E-state index is 10.5. The molecule has 1 unspecified atom stereocenters. The lowest BCUT2D eigenvalue weighted by atomic mass is 10.1. The first-order valence-electron chi connectivity index (χ1n) is 5.25. The van der Waals surface area contributed by atoms with Gasteiger partial charge in [-0.1, -0.05) is 37.3 Å². The number of aldehydes is 1. The molecule has 2 nitrogen and oxygen atoms in total. The summed E-state index contributed by atoms with van der Waals surface area (Å²) in [6.07, 6.45) is 3.42. The van der Waals surface area contributed by atoms with Crippen LogP contribution in [0, 0.1) is 0 Å². The lowest BCUT2D eigenvalue weighted by molar-refractivity contribution is -0.104. The van der Waals surface area contributed by atoms with Gasteiger partial charge in [0.1, 0.15) is 6.29 Å². The largest absolute Gasteiger partial charge is 0.382 e. The van der Waals surface area contributed by atoms with Gasteiger partial charge in [-0.15, -0.1) is 0 Å². The van der Waals surface area contributed by atoms with Crippen molar-refractivity contribution in [3.05, 3.63) is 42.0 Å². The third-order valence-corrected chi connectivity index (χ3v) is 2.33. The maximum Gasteiger partial charge on any atom is 0.144 e. The molecule has 1 rings (SSSR count). The first-order chi connectivity index (χ1) is 7.27. The van der Waals surface area contributed by atoms with E-state index in [2.05, 4.69) is 19.2 Å². The van der Waals surface area contributed by atoms with Crippen molar-refractivity contribution in [3.63, 3.8) is 0 Å². The van der Waals surface area contributed by atoms with Crippen molar-refractivity contribution in [1.29, 1.82) is 0 Å². The lowest BCUT2D eigenvalue weighted by Crippen LogP contribution is -2.23. The van der Waals surface area contributed by atoms with E-state index in [0.717, 1.165) is 24.0 Å². The molecule has 0 amide bonds. The zero-order valence-electron chi connectivity index (χ0n) is 9.23. The molecule has 1 N–H and O–H groups in total. The van der Waals surface area contributed by atoms with Crippen LogP contribution in [0.4, 0.5) is 0 Å². The summed E-state index contributed by atoms with van der Waals surface area (Å²) in [6.45, 7) is 4.21. The number of carbonyl (C=O) groups excluding carboxylic acids is 1. The predicted octanol–water partition coefficient (Wildman–Crippen LogP) is 2.61. The molecular weight excluding hydrogens is 186 g/mol. The van der Waals surface area contributed by atoms with Crippen molar-refractivity contribution in [2.45, 2.75) is 26.3 Å². The summed E-state index contributed by atoms with van der Waals surface area (Å²) in [5.74, 6) is 0. The second-order valence-electron chi connectivity index (χ2n) is 3.54. The average Bonchev–Trinajstić information content (AvgIpc) is 2.29. The SMILES string of the molecule is CCC(C)NC(=CC=O)c1ccccc1. The highest BCUT2D eigenvalue weighted by molar-refractivity contribution is 5.80. The Bertz CT molecular complexity index is 330. The van der Waals surface area contributed by atoms with Gasteiger partial charge < -0.3 is 5.32 Å². The molecule has 0 radical (unpaired) electrons. The molecule has 0 fully saturated rings. The molecule has 0 saturated carbocycles. The summed E-state index contributed by atoms with van der Waals surface area (Å²) in [4.78, 5) is 10.5. The third-order valence-electron chi connectivity index (χ3n) is 2.33. The molecule has 0 aliphatic heterocycles. The van der Waals surface area contributed by atoms with Gasteiger partial charge in [-0.2, -0.15) is 0 Å². The van der Waals surface area contributed by atoms with Crippen LogP contribution in [0.3, 0.4) is 0 Å². The fourth-order valence-electron chi connectivity index (χ4n) is 1.28. The highest BCUT2D eigenvalue weighted by Crippen LogP contribution is 2.11. The van der Waals surface area contributed by atoms with E-state index < -0.39 is 0 Å². The van der Waals surface area contributed by atoms with E-state index in [4.69, 9.17) is 0 Å². The Labute approximate surface area is 91.0 Å². The number of hydrogen-bond donors (Lipinski definition) is 1. The second kappa shape index (κ2) is 6.02. The smallest absolute Gasteiger partial charge is 0.144 e. The number of hydrogen-bond acceptors (Lipinski definition) is 2. The van der Waals surface area contributed by atoms with E-state index >= 15 is 0 Å². The molecule has 0 aliphatic carbocycles. The fraction of sp³-hybridized carbons (Fsp3) is 0.308. The Balaban J connectivity index is 2.85. The molecule has 0 bridgehead atoms. The van der Waals surface area contributed by atoms with Gasteiger partial charge >= 0.3 is 0 Å². The third kappa shape index (κ3) is 3.58. The summed E-state index contributed by atoms with van der Waals surface area (Å²) in [5, 5.41) is 3.31. The maximum atomic E-state index is 10.5. The summed E-state index contributed by atoms with van der Waals surface area (Å²) in [6, 6.07) is 10.2. The zero-order chi connectivity index (χ0) is 11.1. The van der Waals surface area contributed by atoms with E-state index in [1.807, 2.05) is 30.3 Å². The first-order valence-corrected chi connectivity index (χ1v) is 5.25. The van der Waals surface area contributed by atoms with Crippen molar-refractivity contribution in [2.75, 3.05) is 0 Å².